The van der Waals surface area contributed by atoms with Gasteiger partial charge in [0.1, 0.15) is 17.6 Å². The third kappa shape index (κ3) is 6.29. The maximum absolute atomic E-state index is 12.0. The van der Waals surface area contributed by atoms with Crippen LogP contribution in [0.1, 0.15) is 49.7 Å². The highest BCUT2D eigenvalue weighted by Gasteiger charge is 2.25. The highest BCUT2D eigenvalue weighted by atomic mass is 17.1. The van der Waals surface area contributed by atoms with Crippen LogP contribution in [0, 0.1) is 6.92 Å². The molecule has 0 amide bonds. The van der Waals surface area contributed by atoms with E-state index in [4.69, 9.17) is 21.5 Å². The molecule has 0 spiro atoms. The van der Waals surface area contributed by atoms with Gasteiger partial charge in [0.2, 0.25) is 5.95 Å². The Morgan fingerprint density at radius 3 is 2.64 bits per heavy atom. The van der Waals surface area contributed by atoms with E-state index in [2.05, 4.69) is 30.5 Å². The van der Waals surface area contributed by atoms with Crippen LogP contribution in [-0.4, -0.2) is 44.9 Å². The zero-order valence-electron chi connectivity index (χ0n) is 20.4. The molecule has 2 heterocycles. The molecule has 36 heavy (non-hydrogen) atoms. The van der Waals surface area contributed by atoms with E-state index in [-0.39, 0.29) is 12.0 Å². The number of rotatable bonds is 10. The summed E-state index contributed by atoms with van der Waals surface area (Å²) in [5, 5.41) is 16.2. The summed E-state index contributed by atoms with van der Waals surface area (Å²) < 4.78 is 5.82. The summed E-state index contributed by atoms with van der Waals surface area (Å²) in [6.45, 7) is 2.80. The minimum atomic E-state index is -0.681. The molecule has 0 bridgehead atoms. The van der Waals surface area contributed by atoms with Crippen molar-refractivity contribution in [2.75, 3.05) is 23.4 Å². The van der Waals surface area contributed by atoms with Gasteiger partial charge >= 0.3 is 5.97 Å². The van der Waals surface area contributed by atoms with Crippen LogP contribution in [0.25, 0.3) is 11.0 Å². The second kappa shape index (κ2) is 11.8. The SMILES string of the molecule is Cc1c(CNc2ccc(OCCC(NC3CCCCC3)C(=O)OO)cc2)cnc2nc(N)nc(N)c12. The van der Waals surface area contributed by atoms with Crippen molar-refractivity contribution in [2.45, 2.75) is 64.1 Å². The highest BCUT2D eigenvalue weighted by Crippen LogP contribution is 2.25. The van der Waals surface area contributed by atoms with Gasteiger partial charge in [-0.3, -0.25) is 4.89 Å². The molecule has 1 unspecified atom stereocenters. The molecule has 11 heteroatoms. The standard InChI is InChI=1S/C25H33N7O4/c1-15-16(14-29-23-21(15)22(26)31-25(27)32-23)13-28-17-7-9-19(10-8-17)35-12-11-20(24(33)36-34)30-18-5-3-2-4-6-18/h7-10,14,18,20,28,30,34H,2-6,11-13H2,1H3,(H4,26,27,29,31,32). The monoisotopic (exact) mass is 495 g/mol. The number of nitrogens with zero attached hydrogens (tertiary/aromatic N) is 3. The number of nitrogens with one attached hydrogen (secondary N) is 2. The van der Waals surface area contributed by atoms with Crippen molar-refractivity contribution in [1.29, 1.82) is 0 Å². The molecule has 1 saturated carbocycles. The Hall–Kier alpha value is -3.70. The number of ether oxygens (including phenoxy) is 1. The molecule has 11 nitrogen and oxygen atoms in total. The summed E-state index contributed by atoms with van der Waals surface area (Å²) in [7, 11) is 0. The second-order valence-electron chi connectivity index (χ2n) is 9.05. The average Bonchev–Trinajstić information content (AvgIpc) is 2.88. The third-order valence-electron chi connectivity index (χ3n) is 6.56. The van der Waals surface area contributed by atoms with Crippen molar-refractivity contribution in [3.63, 3.8) is 0 Å². The van der Waals surface area contributed by atoms with E-state index in [1.165, 1.54) is 6.42 Å². The van der Waals surface area contributed by atoms with Gasteiger partial charge in [0.25, 0.3) is 0 Å². The molecule has 1 fully saturated rings. The Bertz CT molecular complexity index is 1180. The van der Waals surface area contributed by atoms with Crippen molar-refractivity contribution in [2.24, 2.45) is 0 Å². The molecule has 4 rings (SSSR count). The number of aromatic nitrogens is 3. The first-order valence-electron chi connectivity index (χ1n) is 12.2. The smallest absolute Gasteiger partial charge is 0.358 e. The summed E-state index contributed by atoms with van der Waals surface area (Å²) in [5.41, 5.74) is 15.0. The van der Waals surface area contributed by atoms with Crippen LogP contribution in [0.2, 0.25) is 0 Å². The van der Waals surface area contributed by atoms with Crippen molar-refractivity contribution in [3.8, 4) is 5.75 Å². The van der Waals surface area contributed by atoms with Gasteiger partial charge in [-0.25, -0.2) is 9.78 Å². The van der Waals surface area contributed by atoms with Gasteiger partial charge in [0.05, 0.1) is 12.0 Å². The molecule has 0 radical (unpaired) electrons. The fourth-order valence-electron chi connectivity index (χ4n) is 4.56. The second-order valence-corrected chi connectivity index (χ2v) is 9.05. The zero-order chi connectivity index (χ0) is 25.5. The maximum atomic E-state index is 12.0. The molecule has 3 aromatic rings. The third-order valence-corrected chi connectivity index (χ3v) is 6.56. The molecular weight excluding hydrogens is 462 g/mol. The maximum Gasteiger partial charge on any atom is 0.358 e. The number of benzene rings is 1. The number of carbonyl (C=O) groups is 1. The fourth-order valence-corrected chi connectivity index (χ4v) is 4.56. The highest BCUT2D eigenvalue weighted by molar-refractivity contribution is 5.90. The lowest BCUT2D eigenvalue weighted by atomic mass is 9.94. The molecular formula is C25H33N7O4. The van der Waals surface area contributed by atoms with Gasteiger partial charge in [0.15, 0.2) is 5.65 Å². The largest absolute Gasteiger partial charge is 0.494 e. The van der Waals surface area contributed by atoms with Gasteiger partial charge in [-0.2, -0.15) is 15.2 Å². The van der Waals surface area contributed by atoms with E-state index in [0.717, 1.165) is 42.5 Å². The Labute approximate surface area is 209 Å². The average molecular weight is 496 g/mol. The minimum absolute atomic E-state index is 0.101. The topological polar surface area (TPSA) is 171 Å². The van der Waals surface area contributed by atoms with Crippen LogP contribution in [0.5, 0.6) is 5.75 Å². The summed E-state index contributed by atoms with van der Waals surface area (Å²) >= 11 is 0. The number of anilines is 3. The molecule has 1 aromatic carbocycles. The lowest BCUT2D eigenvalue weighted by Crippen LogP contribution is -2.45. The van der Waals surface area contributed by atoms with Crippen molar-refractivity contribution in [1.82, 2.24) is 20.3 Å². The Morgan fingerprint density at radius 2 is 1.92 bits per heavy atom. The van der Waals surface area contributed by atoms with Gasteiger partial charge in [-0.1, -0.05) is 19.3 Å². The van der Waals surface area contributed by atoms with Crippen LogP contribution < -0.4 is 26.8 Å². The molecule has 0 aliphatic heterocycles. The van der Waals surface area contributed by atoms with Crippen molar-refractivity contribution < 1.29 is 19.7 Å². The summed E-state index contributed by atoms with van der Waals surface area (Å²) in [4.78, 5) is 28.5. The Balaban J connectivity index is 1.29. The number of hydrogen-bond donors (Lipinski definition) is 5. The molecule has 2 aromatic heterocycles. The van der Waals surface area contributed by atoms with E-state index < -0.39 is 12.0 Å². The Morgan fingerprint density at radius 1 is 1.17 bits per heavy atom. The zero-order valence-corrected chi connectivity index (χ0v) is 20.4. The van der Waals surface area contributed by atoms with Gasteiger partial charge in [-0.15, -0.1) is 0 Å². The molecule has 1 aliphatic carbocycles. The van der Waals surface area contributed by atoms with Crippen LogP contribution in [-0.2, 0) is 16.2 Å². The van der Waals surface area contributed by atoms with E-state index >= 15 is 0 Å². The van der Waals surface area contributed by atoms with Crippen LogP contribution in [0.3, 0.4) is 0 Å². The number of aryl methyl sites for hydroxylation is 1. The normalized spacial score (nSPS) is 14.9. The minimum Gasteiger partial charge on any atom is -0.494 e. The lowest BCUT2D eigenvalue weighted by molar-refractivity contribution is -0.237. The van der Waals surface area contributed by atoms with Gasteiger partial charge in [0, 0.05) is 30.9 Å². The van der Waals surface area contributed by atoms with E-state index in [0.29, 0.717) is 42.2 Å². The van der Waals surface area contributed by atoms with Crippen molar-refractivity contribution >= 4 is 34.5 Å². The van der Waals surface area contributed by atoms with E-state index in [1.54, 1.807) is 6.20 Å². The molecule has 1 aliphatic rings. The van der Waals surface area contributed by atoms with Crippen LogP contribution >= 0.6 is 0 Å². The number of pyridine rings is 1. The lowest BCUT2D eigenvalue weighted by Gasteiger charge is -2.26. The number of hydrogen-bond acceptors (Lipinski definition) is 11. The Kier molecular flexibility index (Phi) is 8.34. The fraction of sp³-hybridized carbons (Fsp3) is 0.440. The summed E-state index contributed by atoms with van der Waals surface area (Å²) in [6.07, 6.45) is 7.70. The number of nitrogens with two attached hydrogens (primary N) is 2. The first kappa shape index (κ1) is 25.4. The number of fused-ring (bicyclic) bond motifs is 1. The number of nitrogen functional groups attached to an aromatic ring is 2. The molecule has 7 N–H and O–H groups in total. The first-order valence-corrected chi connectivity index (χ1v) is 12.2. The van der Waals surface area contributed by atoms with Crippen LogP contribution in [0.15, 0.2) is 30.5 Å². The summed E-state index contributed by atoms with van der Waals surface area (Å²) in [6, 6.07) is 7.20. The predicted molar refractivity (Wildman–Crippen MR) is 137 cm³/mol. The quantitative estimate of drug-likeness (QED) is 0.207. The predicted octanol–water partition coefficient (Wildman–Crippen LogP) is 3.19. The molecule has 1 atom stereocenters. The van der Waals surface area contributed by atoms with Crippen molar-refractivity contribution in [3.05, 3.63) is 41.6 Å². The van der Waals surface area contributed by atoms with Gasteiger partial charge < -0.3 is 26.8 Å². The molecule has 0 saturated heterocycles. The molecule has 192 valence electrons. The van der Waals surface area contributed by atoms with E-state index in [1.807, 2.05) is 31.2 Å². The van der Waals surface area contributed by atoms with Crippen LogP contribution in [0.4, 0.5) is 17.5 Å². The summed E-state index contributed by atoms with van der Waals surface area (Å²) in [5.74, 6) is 0.415. The van der Waals surface area contributed by atoms with Gasteiger partial charge in [-0.05, 0) is 55.2 Å². The first-order chi connectivity index (χ1) is 17.4. The van der Waals surface area contributed by atoms with E-state index in [9.17, 15) is 4.79 Å². The number of carbonyl (C=O) groups excluding carboxylic acids is 1.